The van der Waals surface area contributed by atoms with Crippen LogP contribution < -0.4 is 5.73 Å². The highest BCUT2D eigenvalue weighted by Crippen LogP contribution is 2.14. The van der Waals surface area contributed by atoms with Gasteiger partial charge in [0.2, 0.25) is 11.8 Å². The summed E-state index contributed by atoms with van der Waals surface area (Å²) in [7, 11) is 1.76. The summed E-state index contributed by atoms with van der Waals surface area (Å²) in [5.74, 6) is -0.747. The first-order valence-electron chi connectivity index (χ1n) is 6.50. The highest BCUT2D eigenvalue weighted by Gasteiger charge is 2.19. The second-order valence-corrected chi connectivity index (χ2v) is 4.95. The van der Waals surface area contributed by atoms with Crippen LogP contribution in [0.5, 0.6) is 0 Å². The normalized spacial score (nSPS) is 21.3. The lowest BCUT2D eigenvalue weighted by Crippen LogP contribution is -2.37. The molecule has 1 saturated heterocycles. The van der Waals surface area contributed by atoms with Gasteiger partial charge in [-0.2, -0.15) is 0 Å². The molecule has 2 atom stereocenters. The summed E-state index contributed by atoms with van der Waals surface area (Å²) in [5, 5.41) is 0. The zero-order valence-electron chi connectivity index (χ0n) is 11.2. The van der Waals surface area contributed by atoms with Gasteiger partial charge in [0.25, 0.3) is 0 Å². The third kappa shape index (κ3) is 5.04. The molecule has 1 heterocycles. The summed E-state index contributed by atoms with van der Waals surface area (Å²) in [6.45, 7) is 3.12. The van der Waals surface area contributed by atoms with E-state index < -0.39 is 0 Å². The van der Waals surface area contributed by atoms with Gasteiger partial charge in [0.1, 0.15) is 0 Å². The summed E-state index contributed by atoms with van der Waals surface area (Å²) < 4.78 is 5.58. The predicted octanol–water partition coefficient (Wildman–Crippen LogP) is 0.730. The largest absolute Gasteiger partial charge is 0.376 e. The number of amides is 2. The Hall–Kier alpha value is -1.10. The number of nitrogens with two attached hydrogens (primary N) is 1. The Labute approximate surface area is 109 Å². The molecule has 2 N–H and O–H groups in total. The summed E-state index contributed by atoms with van der Waals surface area (Å²) in [6, 6.07) is 0. The van der Waals surface area contributed by atoms with E-state index in [-0.39, 0.29) is 23.8 Å². The third-order valence-corrected chi connectivity index (χ3v) is 3.26. The fourth-order valence-corrected chi connectivity index (χ4v) is 1.90. The maximum absolute atomic E-state index is 11.8. The molecule has 1 radical (unpaired) electrons. The molecule has 0 aromatic carbocycles. The van der Waals surface area contributed by atoms with E-state index in [0.29, 0.717) is 13.0 Å². The Morgan fingerprint density at radius 1 is 1.50 bits per heavy atom. The van der Waals surface area contributed by atoms with E-state index in [1.165, 1.54) is 6.42 Å². The van der Waals surface area contributed by atoms with Crippen LogP contribution in [-0.4, -0.2) is 43.0 Å². The summed E-state index contributed by atoms with van der Waals surface area (Å²) in [4.78, 5) is 24.3. The van der Waals surface area contributed by atoms with Gasteiger partial charge in [0, 0.05) is 26.1 Å². The number of hydrogen-bond donors (Lipinski definition) is 1. The number of ether oxygens (including phenoxy) is 1. The van der Waals surface area contributed by atoms with Gasteiger partial charge in [-0.05, 0) is 25.7 Å². The van der Waals surface area contributed by atoms with Crippen molar-refractivity contribution in [2.75, 3.05) is 20.2 Å². The summed E-state index contributed by atoms with van der Waals surface area (Å²) in [5.41, 5.74) is 5.14. The Bertz CT molecular complexity index is 288. The quantitative estimate of drug-likeness (QED) is 0.760. The SMILES string of the molecule is CC(C[CH]C(=O)N(C)C[C@@H]1CCCCO1)C(N)=O. The average Bonchev–Trinajstić information content (AvgIpc) is 2.36. The molecule has 0 saturated carbocycles. The first-order valence-corrected chi connectivity index (χ1v) is 6.50. The highest BCUT2D eigenvalue weighted by molar-refractivity contribution is 5.85. The minimum atomic E-state index is -0.377. The van der Waals surface area contributed by atoms with E-state index in [1.807, 2.05) is 0 Å². The van der Waals surface area contributed by atoms with Crippen molar-refractivity contribution in [1.82, 2.24) is 4.90 Å². The molecule has 1 aliphatic heterocycles. The number of primary amides is 1. The molecular weight excluding hydrogens is 232 g/mol. The smallest absolute Gasteiger partial charge is 0.226 e. The van der Waals surface area contributed by atoms with Crippen LogP contribution in [0.2, 0.25) is 0 Å². The van der Waals surface area contributed by atoms with Crippen LogP contribution >= 0.6 is 0 Å². The van der Waals surface area contributed by atoms with E-state index in [4.69, 9.17) is 10.5 Å². The molecule has 5 nitrogen and oxygen atoms in total. The van der Waals surface area contributed by atoms with Gasteiger partial charge in [0.05, 0.1) is 12.5 Å². The fraction of sp³-hybridized carbons (Fsp3) is 0.769. The van der Waals surface area contributed by atoms with E-state index in [9.17, 15) is 9.59 Å². The van der Waals surface area contributed by atoms with E-state index in [1.54, 1.807) is 18.9 Å². The summed E-state index contributed by atoms with van der Waals surface area (Å²) >= 11 is 0. The lowest BCUT2D eigenvalue weighted by atomic mass is 10.0. The van der Waals surface area contributed by atoms with Crippen LogP contribution in [0.25, 0.3) is 0 Å². The molecule has 2 amide bonds. The summed E-state index contributed by atoms with van der Waals surface area (Å²) in [6.07, 6.45) is 5.35. The maximum atomic E-state index is 11.8. The Kier molecular flexibility index (Phi) is 6.12. The zero-order valence-corrected chi connectivity index (χ0v) is 11.2. The van der Waals surface area contributed by atoms with Crippen molar-refractivity contribution < 1.29 is 14.3 Å². The van der Waals surface area contributed by atoms with Crippen LogP contribution in [0.1, 0.15) is 32.6 Å². The molecule has 1 fully saturated rings. The lowest BCUT2D eigenvalue weighted by molar-refractivity contribution is -0.129. The molecule has 5 heteroatoms. The maximum Gasteiger partial charge on any atom is 0.226 e. The minimum Gasteiger partial charge on any atom is -0.376 e. The van der Waals surface area contributed by atoms with Gasteiger partial charge in [-0.3, -0.25) is 9.59 Å². The second kappa shape index (κ2) is 7.36. The minimum absolute atomic E-state index is 0.0720. The van der Waals surface area contributed by atoms with Crippen molar-refractivity contribution in [3.63, 3.8) is 0 Å². The first-order chi connectivity index (χ1) is 8.50. The molecule has 0 spiro atoms. The van der Waals surface area contributed by atoms with Crippen molar-refractivity contribution in [2.24, 2.45) is 11.7 Å². The molecule has 1 unspecified atom stereocenters. The number of carbonyl (C=O) groups is 2. The molecule has 0 aromatic rings. The average molecular weight is 255 g/mol. The van der Waals surface area contributed by atoms with Crippen molar-refractivity contribution >= 4 is 11.8 Å². The highest BCUT2D eigenvalue weighted by atomic mass is 16.5. The first kappa shape index (κ1) is 15.0. The number of hydrogen-bond acceptors (Lipinski definition) is 3. The molecule has 1 rings (SSSR count). The Morgan fingerprint density at radius 2 is 2.22 bits per heavy atom. The van der Waals surface area contributed by atoms with Crippen molar-refractivity contribution in [3.8, 4) is 0 Å². The van der Waals surface area contributed by atoms with E-state index in [2.05, 4.69) is 0 Å². The number of rotatable bonds is 6. The van der Waals surface area contributed by atoms with Gasteiger partial charge in [-0.25, -0.2) is 0 Å². The molecule has 0 bridgehead atoms. The molecule has 103 valence electrons. The number of carbonyl (C=O) groups excluding carboxylic acids is 2. The molecule has 1 aliphatic rings. The number of nitrogens with zero attached hydrogens (tertiary/aromatic N) is 1. The standard InChI is InChI=1S/C13H23N2O3/c1-10(13(14)17)6-7-12(16)15(2)9-11-5-3-4-8-18-11/h7,10-11H,3-6,8-9H2,1-2H3,(H2,14,17)/t10?,11-/m0/s1. The van der Waals surface area contributed by atoms with Crippen LogP contribution in [-0.2, 0) is 14.3 Å². The van der Waals surface area contributed by atoms with Crippen LogP contribution in [0.3, 0.4) is 0 Å². The second-order valence-electron chi connectivity index (χ2n) is 4.95. The van der Waals surface area contributed by atoms with Gasteiger partial charge in [0.15, 0.2) is 0 Å². The lowest BCUT2D eigenvalue weighted by Gasteiger charge is -2.27. The molecule has 0 aliphatic carbocycles. The van der Waals surface area contributed by atoms with Crippen LogP contribution in [0.15, 0.2) is 0 Å². The van der Waals surface area contributed by atoms with Gasteiger partial charge in [-0.1, -0.05) is 6.92 Å². The zero-order chi connectivity index (χ0) is 13.5. The topological polar surface area (TPSA) is 72.6 Å². The number of likely N-dealkylation sites (N-methyl/N-ethyl adjacent to an activating group) is 1. The molecule has 18 heavy (non-hydrogen) atoms. The Balaban J connectivity index is 2.25. The fourth-order valence-electron chi connectivity index (χ4n) is 1.90. The van der Waals surface area contributed by atoms with Crippen molar-refractivity contribution in [3.05, 3.63) is 6.42 Å². The van der Waals surface area contributed by atoms with Crippen molar-refractivity contribution in [1.29, 1.82) is 0 Å². The van der Waals surface area contributed by atoms with E-state index in [0.717, 1.165) is 25.9 Å². The van der Waals surface area contributed by atoms with Crippen LogP contribution in [0.4, 0.5) is 0 Å². The van der Waals surface area contributed by atoms with E-state index >= 15 is 0 Å². The van der Waals surface area contributed by atoms with Gasteiger partial charge >= 0.3 is 0 Å². The molecule has 0 aromatic heterocycles. The third-order valence-electron chi connectivity index (χ3n) is 3.26. The molecular formula is C13H23N2O3. The predicted molar refractivity (Wildman–Crippen MR) is 68.5 cm³/mol. The monoisotopic (exact) mass is 255 g/mol. The van der Waals surface area contributed by atoms with Gasteiger partial charge < -0.3 is 15.4 Å². The van der Waals surface area contributed by atoms with Crippen molar-refractivity contribution in [2.45, 2.75) is 38.7 Å². The van der Waals surface area contributed by atoms with Crippen LogP contribution in [0, 0.1) is 12.3 Å². The van der Waals surface area contributed by atoms with Gasteiger partial charge in [-0.15, -0.1) is 0 Å². The Morgan fingerprint density at radius 3 is 2.78 bits per heavy atom.